The van der Waals surface area contributed by atoms with Crippen LogP contribution in [0.5, 0.6) is 0 Å². The van der Waals surface area contributed by atoms with Gasteiger partial charge in [-0.1, -0.05) is 34.6 Å². The number of aliphatic hydroxyl groups excluding tert-OH is 1. The minimum Gasteiger partial charge on any atom is -0.392 e. The van der Waals surface area contributed by atoms with Gasteiger partial charge in [-0.25, -0.2) is 0 Å². The Kier molecular flexibility index (Phi) is 3.98. The summed E-state index contributed by atoms with van der Waals surface area (Å²) in [6.45, 7) is 15.4. The Morgan fingerprint density at radius 2 is 1.47 bits per heavy atom. The van der Waals surface area contributed by atoms with Crippen molar-refractivity contribution in [2.24, 2.45) is 16.7 Å². The maximum Gasteiger partial charge on any atom is 0.162 e. The van der Waals surface area contributed by atoms with Crippen molar-refractivity contribution in [3.8, 4) is 0 Å². The van der Waals surface area contributed by atoms with Crippen LogP contribution in [0.25, 0.3) is 0 Å². The second-order valence-corrected chi connectivity index (χ2v) is 7.07. The van der Waals surface area contributed by atoms with Gasteiger partial charge < -0.3 is 14.6 Å². The molecule has 1 rings (SSSR count). The summed E-state index contributed by atoms with van der Waals surface area (Å²) in [5, 5.41) is 10.5. The van der Waals surface area contributed by atoms with E-state index in [0.29, 0.717) is 13.2 Å². The first-order valence-electron chi connectivity index (χ1n) is 6.48. The lowest BCUT2D eigenvalue weighted by atomic mass is 9.61. The van der Waals surface area contributed by atoms with Crippen LogP contribution in [-0.4, -0.2) is 30.2 Å². The van der Waals surface area contributed by atoms with E-state index in [0.717, 1.165) is 0 Å². The fourth-order valence-corrected chi connectivity index (χ4v) is 2.37. The van der Waals surface area contributed by atoms with Crippen molar-refractivity contribution < 1.29 is 14.6 Å². The van der Waals surface area contributed by atoms with Crippen molar-refractivity contribution in [3.05, 3.63) is 0 Å². The monoisotopic (exact) mass is 244 g/mol. The lowest BCUT2D eigenvalue weighted by Crippen LogP contribution is -2.59. The van der Waals surface area contributed by atoms with Crippen LogP contribution >= 0.6 is 0 Å². The molecule has 102 valence electrons. The van der Waals surface area contributed by atoms with Gasteiger partial charge in [-0.05, 0) is 25.2 Å². The van der Waals surface area contributed by atoms with Crippen LogP contribution < -0.4 is 0 Å². The summed E-state index contributed by atoms with van der Waals surface area (Å²) in [5.41, 5.74) is -0.399. The molecule has 0 unspecified atom stereocenters. The Balaban J connectivity index is 2.99. The Morgan fingerprint density at radius 3 is 1.76 bits per heavy atom. The van der Waals surface area contributed by atoms with E-state index in [9.17, 15) is 5.11 Å². The van der Waals surface area contributed by atoms with Gasteiger partial charge in [-0.3, -0.25) is 0 Å². The Morgan fingerprint density at radius 1 is 1.06 bits per heavy atom. The zero-order chi connectivity index (χ0) is 13.5. The highest BCUT2D eigenvalue weighted by Crippen LogP contribution is 2.47. The van der Waals surface area contributed by atoms with Crippen LogP contribution in [0.4, 0.5) is 0 Å². The van der Waals surface area contributed by atoms with E-state index in [1.807, 2.05) is 27.7 Å². The molecule has 0 aromatic carbocycles. The minimum absolute atomic E-state index is 0.0623. The Labute approximate surface area is 105 Å². The lowest BCUT2D eigenvalue weighted by Gasteiger charge is -2.53. The number of aliphatic hydroxyl groups is 1. The number of ether oxygens (including phenoxy) is 2. The molecule has 1 fully saturated rings. The Hall–Kier alpha value is -0.120. The maximum atomic E-state index is 10.5. The molecule has 1 N–H and O–H groups in total. The van der Waals surface area contributed by atoms with E-state index in [2.05, 4.69) is 20.8 Å². The van der Waals surface area contributed by atoms with Crippen LogP contribution in [0.3, 0.4) is 0 Å². The summed E-state index contributed by atoms with van der Waals surface area (Å²) >= 11 is 0. The highest BCUT2D eigenvalue weighted by molar-refractivity contribution is 4.99. The highest BCUT2D eigenvalue weighted by Gasteiger charge is 2.53. The van der Waals surface area contributed by atoms with Gasteiger partial charge >= 0.3 is 0 Å². The smallest absolute Gasteiger partial charge is 0.162 e. The van der Waals surface area contributed by atoms with E-state index >= 15 is 0 Å². The third-order valence-corrected chi connectivity index (χ3v) is 4.05. The molecule has 1 aliphatic rings. The molecule has 3 heteroatoms. The zero-order valence-corrected chi connectivity index (χ0v) is 12.3. The van der Waals surface area contributed by atoms with Gasteiger partial charge in [0, 0.05) is 5.41 Å². The fraction of sp³-hybridized carbons (Fsp3) is 1.00. The van der Waals surface area contributed by atoms with Gasteiger partial charge in [0.2, 0.25) is 0 Å². The maximum absolute atomic E-state index is 10.5. The van der Waals surface area contributed by atoms with Crippen LogP contribution in [0.1, 0.15) is 48.5 Å². The van der Waals surface area contributed by atoms with Crippen molar-refractivity contribution in [2.45, 2.75) is 60.4 Å². The molecule has 0 radical (unpaired) electrons. The van der Waals surface area contributed by atoms with Gasteiger partial charge in [-0.15, -0.1) is 0 Å². The molecule has 1 heterocycles. The standard InChI is InChI=1S/C14H28O3/c1-10(2)11(15)14(12(3,4)5)8-16-13(6,7)17-9-14/h10-11,15H,8-9H2,1-7H3/t11-/m0/s1. The quantitative estimate of drug-likeness (QED) is 0.812. The predicted molar refractivity (Wildman–Crippen MR) is 68.7 cm³/mol. The first kappa shape index (κ1) is 14.9. The summed E-state index contributed by atoms with van der Waals surface area (Å²) in [6, 6.07) is 0. The van der Waals surface area contributed by atoms with E-state index in [-0.39, 0.29) is 16.7 Å². The molecule has 0 bridgehead atoms. The molecular weight excluding hydrogens is 216 g/mol. The van der Waals surface area contributed by atoms with Crippen molar-refractivity contribution in [3.63, 3.8) is 0 Å². The van der Waals surface area contributed by atoms with Crippen LogP contribution in [0.2, 0.25) is 0 Å². The lowest BCUT2D eigenvalue weighted by molar-refractivity contribution is -0.320. The zero-order valence-electron chi connectivity index (χ0n) is 12.3. The third kappa shape index (κ3) is 2.83. The van der Waals surface area contributed by atoms with Crippen molar-refractivity contribution in [1.29, 1.82) is 0 Å². The molecule has 0 amide bonds. The second kappa shape index (κ2) is 4.52. The van der Waals surface area contributed by atoms with Crippen molar-refractivity contribution >= 4 is 0 Å². The van der Waals surface area contributed by atoms with Crippen molar-refractivity contribution in [2.75, 3.05) is 13.2 Å². The molecule has 0 spiro atoms. The average molecular weight is 244 g/mol. The van der Waals surface area contributed by atoms with Gasteiger partial charge in [0.1, 0.15) is 0 Å². The van der Waals surface area contributed by atoms with Crippen LogP contribution in [-0.2, 0) is 9.47 Å². The van der Waals surface area contributed by atoms with E-state index in [1.54, 1.807) is 0 Å². The van der Waals surface area contributed by atoms with Crippen LogP contribution in [0, 0.1) is 16.7 Å². The number of hydrogen-bond acceptors (Lipinski definition) is 3. The predicted octanol–water partition coefficient (Wildman–Crippen LogP) is 2.82. The largest absolute Gasteiger partial charge is 0.392 e. The molecule has 1 saturated heterocycles. The van der Waals surface area contributed by atoms with Gasteiger partial charge in [-0.2, -0.15) is 0 Å². The van der Waals surface area contributed by atoms with E-state index < -0.39 is 11.9 Å². The van der Waals surface area contributed by atoms with Gasteiger partial charge in [0.15, 0.2) is 5.79 Å². The number of hydrogen-bond donors (Lipinski definition) is 1. The molecule has 0 aromatic heterocycles. The molecule has 0 aromatic rings. The topological polar surface area (TPSA) is 38.7 Å². The summed E-state index contributed by atoms with van der Waals surface area (Å²) in [6.07, 6.45) is -0.418. The molecule has 1 aliphatic heterocycles. The number of rotatable bonds is 2. The highest BCUT2D eigenvalue weighted by atomic mass is 16.7. The fourth-order valence-electron chi connectivity index (χ4n) is 2.37. The molecule has 0 aliphatic carbocycles. The van der Waals surface area contributed by atoms with Crippen LogP contribution in [0.15, 0.2) is 0 Å². The normalized spacial score (nSPS) is 25.9. The summed E-state index contributed by atoms with van der Waals surface area (Å²) in [4.78, 5) is 0. The average Bonchev–Trinajstić information content (AvgIpc) is 2.15. The second-order valence-electron chi connectivity index (χ2n) is 7.07. The third-order valence-electron chi connectivity index (χ3n) is 4.05. The molecule has 3 nitrogen and oxygen atoms in total. The first-order valence-corrected chi connectivity index (χ1v) is 6.48. The van der Waals surface area contributed by atoms with Gasteiger partial charge in [0.05, 0.1) is 19.3 Å². The minimum atomic E-state index is -0.536. The van der Waals surface area contributed by atoms with E-state index in [4.69, 9.17) is 9.47 Å². The molecule has 17 heavy (non-hydrogen) atoms. The van der Waals surface area contributed by atoms with Crippen molar-refractivity contribution in [1.82, 2.24) is 0 Å². The summed E-state index contributed by atoms with van der Waals surface area (Å²) in [5.74, 6) is -0.339. The SMILES string of the molecule is CC(C)[C@H](O)C1(C(C)(C)C)COC(C)(C)OC1. The first-order chi connectivity index (χ1) is 7.52. The summed E-state index contributed by atoms with van der Waals surface area (Å²) in [7, 11) is 0. The Bertz CT molecular complexity index is 253. The van der Waals surface area contributed by atoms with Gasteiger partial charge in [0.25, 0.3) is 0 Å². The molecule has 0 saturated carbocycles. The van der Waals surface area contributed by atoms with E-state index in [1.165, 1.54) is 0 Å². The summed E-state index contributed by atoms with van der Waals surface area (Å²) < 4.78 is 11.6. The molecule has 1 atom stereocenters. The molecular formula is C14H28O3.